The number of amides is 2. The highest BCUT2D eigenvalue weighted by atomic mass is 79.9. The minimum atomic E-state index is -0.383. The summed E-state index contributed by atoms with van der Waals surface area (Å²) in [4.78, 5) is 23.5. The quantitative estimate of drug-likeness (QED) is 0.390. The average molecular weight is 466 g/mol. The molecule has 0 radical (unpaired) electrons. The molecule has 0 fully saturated rings. The lowest BCUT2D eigenvalue weighted by Crippen LogP contribution is -2.18. The molecule has 0 bridgehead atoms. The smallest absolute Gasteiger partial charge is 0.271 e. The maximum Gasteiger partial charge on any atom is 0.271 e. The van der Waals surface area contributed by atoms with E-state index >= 15 is 0 Å². The third kappa shape index (κ3) is 6.28. The van der Waals surface area contributed by atoms with Gasteiger partial charge in [0.1, 0.15) is 12.4 Å². The summed E-state index contributed by atoms with van der Waals surface area (Å²) in [5.74, 6) is 0.0723. The van der Waals surface area contributed by atoms with Gasteiger partial charge in [-0.1, -0.05) is 46.3 Å². The van der Waals surface area contributed by atoms with Gasteiger partial charge in [0.2, 0.25) is 5.91 Å². The van der Waals surface area contributed by atoms with Gasteiger partial charge in [0.25, 0.3) is 5.91 Å². The molecule has 0 saturated heterocycles. The zero-order valence-electron chi connectivity index (χ0n) is 16.3. The van der Waals surface area contributed by atoms with Crippen molar-refractivity contribution in [1.82, 2.24) is 5.43 Å². The summed E-state index contributed by atoms with van der Waals surface area (Å²) in [6.45, 7) is 1.83. The average Bonchev–Trinajstić information content (AvgIpc) is 2.74. The summed E-state index contributed by atoms with van der Waals surface area (Å²) in [7, 11) is 0. The molecule has 0 aliphatic heterocycles. The number of hydrazone groups is 1. The molecule has 152 valence electrons. The van der Waals surface area contributed by atoms with Crippen LogP contribution in [0.1, 0.15) is 28.4 Å². The van der Waals surface area contributed by atoms with Crippen LogP contribution in [-0.4, -0.2) is 18.0 Å². The molecule has 0 aromatic heterocycles. The summed E-state index contributed by atoms with van der Waals surface area (Å²) < 4.78 is 6.91. The molecule has 3 rings (SSSR count). The van der Waals surface area contributed by atoms with Crippen LogP contribution in [0.15, 0.2) is 82.4 Å². The molecule has 0 aliphatic carbocycles. The number of para-hydroxylation sites is 1. The molecule has 30 heavy (non-hydrogen) atoms. The Morgan fingerprint density at radius 1 is 1.03 bits per heavy atom. The number of hydrogen-bond donors (Lipinski definition) is 2. The first kappa shape index (κ1) is 21.3. The normalized spacial score (nSPS) is 10.6. The molecule has 0 atom stereocenters. The molecule has 0 heterocycles. The highest BCUT2D eigenvalue weighted by Crippen LogP contribution is 2.18. The van der Waals surface area contributed by atoms with Crippen molar-refractivity contribution in [3.05, 3.63) is 94.0 Å². The van der Waals surface area contributed by atoms with Crippen LogP contribution in [-0.2, 0) is 11.4 Å². The molecule has 0 unspecified atom stereocenters. The van der Waals surface area contributed by atoms with Crippen molar-refractivity contribution >= 4 is 39.6 Å². The zero-order chi connectivity index (χ0) is 21.3. The lowest BCUT2D eigenvalue weighted by molar-refractivity contribution is -0.114. The van der Waals surface area contributed by atoms with Crippen molar-refractivity contribution in [3.63, 3.8) is 0 Å². The van der Waals surface area contributed by atoms with Gasteiger partial charge in [0.05, 0.1) is 6.21 Å². The third-order valence-corrected chi connectivity index (χ3v) is 4.57. The molecule has 0 saturated carbocycles. The Kier molecular flexibility index (Phi) is 7.34. The molecule has 0 spiro atoms. The van der Waals surface area contributed by atoms with Crippen molar-refractivity contribution < 1.29 is 14.3 Å². The van der Waals surface area contributed by atoms with E-state index in [1.807, 2.05) is 48.5 Å². The standard InChI is InChI=1S/C23H20BrN3O3/c1-16(28)26-21-7-4-6-18(13-21)23(29)27-25-14-19-5-2-3-8-22(19)30-15-17-9-11-20(24)12-10-17/h2-14H,15H2,1H3,(H,26,28)(H,27,29). The summed E-state index contributed by atoms with van der Waals surface area (Å²) >= 11 is 3.41. The zero-order valence-corrected chi connectivity index (χ0v) is 17.8. The largest absolute Gasteiger partial charge is 0.488 e. The van der Waals surface area contributed by atoms with Gasteiger partial charge in [0.15, 0.2) is 0 Å². The Hall–Kier alpha value is -3.45. The first-order chi connectivity index (χ1) is 14.5. The lowest BCUT2D eigenvalue weighted by Gasteiger charge is -2.09. The van der Waals surface area contributed by atoms with E-state index in [0.29, 0.717) is 23.6 Å². The number of halogens is 1. The van der Waals surface area contributed by atoms with Crippen molar-refractivity contribution in [3.8, 4) is 5.75 Å². The van der Waals surface area contributed by atoms with Gasteiger partial charge >= 0.3 is 0 Å². The Morgan fingerprint density at radius 2 is 1.80 bits per heavy atom. The summed E-state index contributed by atoms with van der Waals surface area (Å²) in [5, 5.41) is 6.68. The summed E-state index contributed by atoms with van der Waals surface area (Å²) in [5.41, 5.74) is 5.20. The number of ether oxygens (including phenoxy) is 1. The van der Waals surface area contributed by atoms with Crippen LogP contribution in [0.4, 0.5) is 5.69 Å². The fraction of sp³-hybridized carbons (Fsp3) is 0.0870. The predicted octanol–water partition coefficient (Wildman–Crippen LogP) is 4.75. The Morgan fingerprint density at radius 3 is 2.57 bits per heavy atom. The van der Waals surface area contributed by atoms with E-state index in [-0.39, 0.29) is 11.8 Å². The van der Waals surface area contributed by atoms with E-state index in [4.69, 9.17) is 4.74 Å². The molecule has 0 aliphatic rings. The maximum atomic E-state index is 12.3. The minimum absolute atomic E-state index is 0.203. The van der Waals surface area contributed by atoms with E-state index in [1.165, 1.54) is 13.1 Å². The number of nitrogens with zero attached hydrogens (tertiary/aromatic N) is 1. The second-order valence-corrected chi connectivity index (χ2v) is 7.33. The lowest BCUT2D eigenvalue weighted by atomic mass is 10.2. The van der Waals surface area contributed by atoms with Crippen LogP contribution in [0.2, 0.25) is 0 Å². The SMILES string of the molecule is CC(=O)Nc1cccc(C(=O)NN=Cc2ccccc2OCc2ccc(Br)cc2)c1. The van der Waals surface area contributed by atoms with E-state index < -0.39 is 0 Å². The molecule has 7 heteroatoms. The predicted molar refractivity (Wildman–Crippen MR) is 121 cm³/mol. The summed E-state index contributed by atoms with van der Waals surface area (Å²) in [6.07, 6.45) is 1.53. The second-order valence-electron chi connectivity index (χ2n) is 6.41. The topological polar surface area (TPSA) is 79.8 Å². The summed E-state index contributed by atoms with van der Waals surface area (Å²) in [6, 6.07) is 22.0. The van der Waals surface area contributed by atoms with Gasteiger partial charge in [0, 0.05) is 28.2 Å². The van der Waals surface area contributed by atoms with Crippen molar-refractivity contribution in [1.29, 1.82) is 0 Å². The van der Waals surface area contributed by atoms with E-state index in [2.05, 4.69) is 31.8 Å². The second kappa shape index (κ2) is 10.4. The van der Waals surface area contributed by atoms with Gasteiger partial charge < -0.3 is 10.1 Å². The van der Waals surface area contributed by atoms with Crippen LogP contribution in [0.25, 0.3) is 0 Å². The van der Waals surface area contributed by atoms with Crippen LogP contribution < -0.4 is 15.5 Å². The highest BCUT2D eigenvalue weighted by Gasteiger charge is 2.06. The van der Waals surface area contributed by atoms with Gasteiger partial charge in [-0.25, -0.2) is 5.43 Å². The van der Waals surface area contributed by atoms with Gasteiger partial charge in [-0.2, -0.15) is 5.10 Å². The fourth-order valence-electron chi connectivity index (χ4n) is 2.63. The van der Waals surface area contributed by atoms with Crippen LogP contribution in [0.5, 0.6) is 5.75 Å². The Labute approximate surface area is 183 Å². The van der Waals surface area contributed by atoms with Crippen LogP contribution in [0.3, 0.4) is 0 Å². The molecule has 6 nitrogen and oxygen atoms in total. The number of benzene rings is 3. The van der Waals surface area contributed by atoms with Gasteiger partial charge in [-0.15, -0.1) is 0 Å². The number of nitrogens with one attached hydrogen (secondary N) is 2. The van der Waals surface area contributed by atoms with Gasteiger partial charge in [-0.05, 0) is 48.0 Å². The highest BCUT2D eigenvalue weighted by molar-refractivity contribution is 9.10. The Balaban J connectivity index is 1.63. The monoisotopic (exact) mass is 465 g/mol. The first-order valence-electron chi connectivity index (χ1n) is 9.18. The number of rotatable bonds is 7. The number of anilines is 1. The molecular weight excluding hydrogens is 446 g/mol. The third-order valence-electron chi connectivity index (χ3n) is 4.04. The molecule has 3 aromatic carbocycles. The van der Waals surface area contributed by atoms with Crippen molar-refractivity contribution in [2.24, 2.45) is 5.10 Å². The van der Waals surface area contributed by atoms with E-state index in [0.717, 1.165) is 15.6 Å². The van der Waals surface area contributed by atoms with E-state index in [9.17, 15) is 9.59 Å². The van der Waals surface area contributed by atoms with Gasteiger partial charge in [-0.3, -0.25) is 9.59 Å². The number of hydrogen-bond acceptors (Lipinski definition) is 4. The minimum Gasteiger partial charge on any atom is -0.488 e. The molecule has 2 amide bonds. The van der Waals surface area contributed by atoms with Crippen LogP contribution >= 0.6 is 15.9 Å². The van der Waals surface area contributed by atoms with Crippen LogP contribution in [0, 0.1) is 0 Å². The maximum absolute atomic E-state index is 12.3. The fourth-order valence-corrected chi connectivity index (χ4v) is 2.89. The van der Waals surface area contributed by atoms with Crippen molar-refractivity contribution in [2.45, 2.75) is 13.5 Å². The number of carbonyl (C=O) groups is 2. The molecular formula is C23H20BrN3O3. The number of carbonyl (C=O) groups excluding carboxylic acids is 2. The first-order valence-corrected chi connectivity index (χ1v) is 9.98. The molecule has 3 aromatic rings. The van der Waals surface area contributed by atoms with Crippen molar-refractivity contribution in [2.75, 3.05) is 5.32 Å². The Bertz CT molecular complexity index is 1070. The molecule has 2 N–H and O–H groups in total. The van der Waals surface area contributed by atoms with E-state index in [1.54, 1.807) is 24.3 Å².